The van der Waals surface area contributed by atoms with Crippen molar-refractivity contribution in [3.63, 3.8) is 0 Å². The fraction of sp³-hybridized carbons (Fsp3) is 0.375. The average molecular weight is 664 g/mol. The summed E-state index contributed by atoms with van der Waals surface area (Å²) in [5.41, 5.74) is 5.74. The van der Waals surface area contributed by atoms with Gasteiger partial charge in [-0.05, 0) is 80.1 Å². The van der Waals surface area contributed by atoms with Gasteiger partial charge < -0.3 is 24.6 Å². The maximum Gasteiger partial charge on any atom is 0.323 e. The molecule has 49 heavy (non-hydrogen) atoms. The third-order valence-corrected chi connectivity index (χ3v) is 8.97. The van der Waals surface area contributed by atoms with Gasteiger partial charge in [0, 0.05) is 37.5 Å². The van der Waals surface area contributed by atoms with Crippen molar-refractivity contribution in [1.29, 1.82) is 0 Å². The molecule has 6 rings (SSSR count). The summed E-state index contributed by atoms with van der Waals surface area (Å²) in [5.74, 6) is -0.358. The number of ether oxygens (including phenoxy) is 3. The van der Waals surface area contributed by atoms with Gasteiger partial charge in [-0.3, -0.25) is 19.5 Å². The molecule has 2 aliphatic rings. The van der Waals surface area contributed by atoms with Crippen molar-refractivity contribution < 1.29 is 28.9 Å². The first-order valence-corrected chi connectivity index (χ1v) is 17.0. The van der Waals surface area contributed by atoms with E-state index in [0.29, 0.717) is 25.1 Å². The molecule has 256 valence electrons. The zero-order valence-electron chi connectivity index (χ0n) is 28.4. The van der Waals surface area contributed by atoms with Gasteiger partial charge >= 0.3 is 5.97 Å². The average Bonchev–Trinajstić information content (AvgIpc) is 3.58. The lowest BCUT2D eigenvalue weighted by molar-refractivity contribution is -0.253. The van der Waals surface area contributed by atoms with Crippen LogP contribution in [0.5, 0.6) is 0 Å². The number of carbonyl (C=O) groups excluding carboxylic acids is 2. The number of hydrogen-bond acceptors (Lipinski definition) is 8. The molecule has 3 heterocycles. The number of aliphatic hydroxyl groups excluding tert-OH is 1. The molecule has 2 aliphatic heterocycles. The smallest absolute Gasteiger partial charge is 0.323 e. The van der Waals surface area contributed by atoms with Crippen molar-refractivity contribution in [2.24, 2.45) is 0 Å². The lowest BCUT2D eigenvalue weighted by Crippen LogP contribution is -2.45. The number of hydrogen-bond donors (Lipinski definition) is 2. The SMILES string of the molecule is CC(C)(C)OC(=O)[C@@H]1CCCN1C[C@@H]1C[C@H](c2ccc(CO)cc2)O[C@H](c2ccc(-c3ccccc3CNC(=O)c3cccnc3)cc2)O1. The minimum atomic E-state index is -0.619. The number of esters is 1. The summed E-state index contributed by atoms with van der Waals surface area (Å²) >= 11 is 0. The van der Waals surface area contributed by atoms with Crippen LogP contribution in [-0.2, 0) is 32.2 Å². The van der Waals surface area contributed by atoms with Gasteiger partial charge in [-0.2, -0.15) is 0 Å². The van der Waals surface area contributed by atoms with Crippen LogP contribution in [0.4, 0.5) is 0 Å². The van der Waals surface area contributed by atoms with E-state index < -0.39 is 11.9 Å². The Morgan fingerprint density at radius 2 is 1.71 bits per heavy atom. The van der Waals surface area contributed by atoms with Crippen LogP contribution in [0.25, 0.3) is 11.1 Å². The van der Waals surface area contributed by atoms with E-state index in [9.17, 15) is 14.7 Å². The number of amides is 1. The van der Waals surface area contributed by atoms with Crippen LogP contribution < -0.4 is 5.32 Å². The summed E-state index contributed by atoms with van der Waals surface area (Å²) in [5, 5.41) is 12.6. The van der Waals surface area contributed by atoms with Crippen molar-refractivity contribution >= 4 is 11.9 Å². The summed E-state index contributed by atoms with van der Waals surface area (Å²) < 4.78 is 19.0. The number of carbonyl (C=O) groups is 2. The van der Waals surface area contributed by atoms with Crippen molar-refractivity contribution in [3.8, 4) is 11.1 Å². The van der Waals surface area contributed by atoms with Crippen LogP contribution in [0.1, 0.15) is 85.0 Å². The van der Waals surface area contributed by atoms with Crippen molar-refractivity contribution in [2.45, 2.75) is 83.3 Å². The molecule has 9 nitrogen and oxygen atoms in total. The van der Waals surface area contributed by atoms with E-state index in [4.69, 9.17) is 14.2 Å². The highest BCUT2D eigenvalue weighted by atomic mass is 16.7. The molecule has 1 aromatic heterocycles. The zero-order chi connectivity index (χ0) is 34.4. The van der Waals surface area contributed by atoms with Gasteiger partial charge in [0.05, 0.1) is 24.4 Å². The first-order valence-electron chi connectivity index (χ1n) is 17.0. The van der Waals surface area contributed by atoms with E-state index in [1.807, 2.05) is 81.4 Å². The Kier molecular flexibility index (Phi) is 10.8. The fourth-order valence-corrected chi connectivity index (χ4v) is 6.53. The minimum Gasteiger partial charge on any atom is -0.459 e. The molecule has 3 aromatic carbocycles. The van der Waals surface area contributed by atoms with Crippen LogP contribution >= 0.6 is 0 Å². The van der Waals surface area contributed by atoms with E-state index in [0.717, 1.165) is 52.8 Å². The first kappa shape index (κ1) is 34.5. The molecule has 1 amide bonds. The van der Waals surface area contributed by atoms with E-state index in [1.54, 1.807) is 24.5 Å². The van der Waals surface area contributed by atoms with Gasteiger partial charge in [0.15, 0.2) is 6.29 Å². The standard InChI is InChI=1S/C40H45N3O6/c1-40(2,3)49-38(46)35-11-7-21-43(35)25-33-22-36(29-14-12-27(26-44)13-15-29)48-39(47-33)30-18-16-28(17-19-30)34-10-5-4-8-31(34)24-42-37(45)32-9-6-20-41-23-32/h4-6,8-10,12-20,23,33,35-36,39,44H,7,11,21-22,24-26H2,1-3H3,(H,42,45)/t33-,35-,36+,39+/m0/s1. The van der Waals surface area contributed by atoms with Gasteiger partial charge in [-0.15, -0.1) is 0 Å². The normalized spacial score (nSPS) is 21.3. The molecule has 0 spiro atoms. The Morgan fingerprint density at radius 1 is 0.959 bits per heavy atom. The fourth-order valence-electron chi connectivity index (χ4n) is 6.53. The highest BCUT2D eigenvalue weighted by Crippen LogP contribution is 2.39. The number of rotatable bonds is 10. The predicted octanol–water partition coefficient (Wildman–Crippen LogP) is 6.52. The summed E-state index contributed by atoms with van der Waals surface area (Å²) in [6.07, 6.45) is 4.48. The molecule has 9 heteroatoms. The van der Waals surface area contributed by atoms with E-state index in [-0.39, 0.29) is 36.7 Å². The summed E-state index contributed by atoms with van der Waals surface area (Å²) in [7, 11) is 0. The number of aromatic nitrogens is 1. The molecular weight excluding hydrogens is 618 g/mol. The molecule has 2 N–H and O–H groups in total. The second-order valence-electron chi connectivity index (χ2n) is 13.7. The maximum atomic E-state index is 13.1. The van der Waals surface area contributed by atoms with Gasteiger partial charge in [-0.25, -0.2) is 0 Å². The minimum absolute atomic E-state index is 0.0203. The van der Waals surface area contributed by atoms with E-state index >= 15 is 0 Å². The van der Waals surface area contributed by atoms with Crippen LogP contribution in [0.15, 0.2) is 97.3 Å². The topological polar surface area (TPSA) is 110 Å². The molecular formula is C40H45N3O6. The first-order chi connectivity index (χ1) is 23.7. The molecule has 0 bridgehead atoms. The van der Waals surface area contributed by atoms with Gasteiger partial charge in [0.1, 0.15) is 11.6 Å². The monoisotopic (exact) mass is 663 g/mol. The highest BCUT2D eigenvalue weighted by Gasteiger charge is 2.39. The molecule has 2 saturated heterocycles. The lowest BCUT2D eigenvalue weighted by Gasteiger charge is -2.38. The summed E-state index contributed by atoms with van der Waals surface area (Å²) in [6, 6.07) is 27.2. The Balaban J connectivity index is 1.19. The molecule has 2 fully saturated rings. The number of nitrogens with zero attached hydrogens (tertiary/aromatic N) is 2. The van der Waals surface area contributed by atoms with Gasteiger partial charge in [0.2, 0.25) is 0 Å². The number of likely N-dealkylation sites (tertiary alicyclic amines) is 1. The Hall–Kier alpha value is -4.41. The number of nitrogens with one attached hydrogen (secondary N) is 1. The third-order valence-electron chi connectivity index (χ3n) is 8.97. The maximum absolute atomic E-state index is 13.1. The lowest BCUT2D eigenvalue weighted by atomic mass is 9.97. The van der Waals surface area contributed by atoms with Crippen LogP contribution in [0, 0.1) is 0 Å². The summed E-state index contributed by atoms with van der Waals surface area (Å²) in [4.78, 5) is 32.0. The second-order valence-corrected chi connectivity index (χ2v) is 13.7. The van der Waals surface area contributed by atoms with Crippen molar-refractivity contribution in [1.82, 2.24) is 15.2 Å². The zero-order valence-corrected chi connectivity index (χ0v) is 28.4. The van der Waals surface area contributed by atoms with Crippen LogP contribution in [-0.4, -0.2) is 57.7 Å². The van der Waals surface area contributed by atoms with Gasteiger partial charge in [-0.1, -0.05) is 72.8 Å². The largest absolute Gasteiger partial charge is 0.459 e. The van der Waals surface area contributed by atoms with E-state index in [1.165, 1.54) is 0 Å². The summed E-state index contributed by atoms with van der Waals surface area (Å²) in [6.45, 7) is 7.44. The van der Waals surface area contributed by atoms with Crippen LogP contribution in [0.3, 0.4) is 0 Å². The van der Waals surface area contributed by atoms with Crippen molar-refractivity contribution in [3.05, 3.63) is 125 Å². The molecule has 0 saturated carbocycles. The molecule has 0 radical (unpaired) electrons. The Morgan fingerprint density at radius 3 is 2.43 bits per heavy atom. The van der Waals surface area contributed by atoms with Gasteiger partial charge in [0.25, 0.3) is 5.91 Å². The van der Waals surface area contributed by atoms with Crippen LogP contribution in [0.2, 0.25) is 0 Å². The predicted molar refractivity (Wildman–Crippen MR) is 186 cm³/mol. The molecule has 4 atom stereocenters. The molecule has 4 aromatic rings. The second kappa shape index (κ2) is 15.4. The number of benzene rings is 3. The molecule has 0 aliphatic carbocycles. The Bertz CT molecular complexity index is 1700. The Labute approximate surface area is 288 Å². The third kappa shape index (κ3) is 8.80. The van der Waals surface area contributed by atoms with Crippen molar-refractivity contribution in [2.75, 3.05) is 13.1 Å². The quantitative estimate of drug-likeness (QED) is 0.185. The molecule has 0 unspecified atom stereocenters. The number of aliphatic hydroxyl groups is 1. The van der Waals surface area contributed by atoms with E-state index in [2.05, 4.69) is 27.3 Å². The highest BCUT2D eigenvalue weighted by molar-refractivity contribution is 5.93. The number of pyridine rings is 1.